The highest BCUT2D eigenvalue weighted by Crippen LogP contribution is 2.38. The molecular weight excluding hydrogens is 352 g/mol. The molecule has 0 aromatic rings. The highest BCUT2D eigenvalue weighted by molar-refractivity contribution is 4.88. The summed E-state index contributed by atoms with van der Waals surface area (Å²) in [7, 11) is 4.89. The average molecular weight is 405 g/mol. The molecule has 1 saturated carbocycles. The van der Waals surface area contributed by atoms with Gasteiger partial charge >= 0.3 is 0 Å². The van der Waals surface area contributed by atoms with E-state index in [1.54, 1.807) is 0 Å². The van der Waals surface area contributed by atoms with Gasteiger partial charge in [0.2, 0.25) is 0 Å². The van der Waals surface area contributed by atoms with Crippen molar-refractivity contribution in [3.05, 3.63) is 0 Å². The van der Waals surface area contributed by atoms with Crippen LogP contribution in [0.15, 0.2) is 0 Å². The van der Waals surface area contributed by atoms with Gasteiger partial charge in [0.25, 0.3) is 0 Å². The molecule has 2 heteroatoms. The van der Waals surface area contributed by atoms with E-state index in [2.05, 4.69) is 23.9 Å². The smallest absolute Gasteiger partial charge is 0.0120 e. The average Bonchev–Trinajstić information content (AvgIpc) is 2.78. The number of nitrogens with zero attached hydrogens (tertiary/aromatic N) is 2. The topological polar surface area (TPSA) is 6.48 Å². The lowest BCUT2D eigenvalue weighted by molar-refractivity contribution is 0.0771. The summed E-state index contributed by atoms with van der Waals surface area (Å²) in [5.41, 5.74) is 0. The first-order valence-corrected chi connectivity index (χ1v) is 13.7. The maximum atomic E-state index is 2.78. The quantitative estimate of drug-likeness (QED) is 0.477. The Kier molecular flexibility index (Phi) is 10.9. The first kappa shape index (κ1) is 23.6. The molecule has 2 atom stereocenters. The van der Waals surface area contributed by atoms with Gasteiger partial charge < -0.3 is 9.80 Å². The van der Waals surface area contributed by atoms with Gasteiger partial charge in [0.15, 0.2) is 0 Å². The van der Waals surface area contributed by atoms with Crippen LogP contribution in [0.1, 0.15) is 122 Å². The zero-order valence-electron chi connectivity index (χ0n) is 20.1. The first-order chi connectivity index (χ1) is 14.3. The Morgan fingerprint density at radius 2 is 0.690 bits per heavy atom. The van der Waals surface area contributed by atoms with E-state index in [-0.39, 0.29) is 0 Å². The summed E-state index contributed by atoms with van der Waals surface area (Å²) < 4.78 is 0. The van der Waals surface area contributed by atoms with Gasteiger partial charge in [-0.1, -0.05) is 70.6 Å². The van der Waals surface area contributed by atoms with Crippen LogP contribution in [0, 0.1) is 11.8 Å². The largest absolute Gasteiger partial charge is 0.303 e. The molecular formula is C27H52N2. The maximum Gasteiger partial charge on any atom is 0.0120 e. The highest BCUT2D eigenvalue weighted by Gasteiger charge is 2.33. The predicted octanol–water partition coefficient (Wildman–Crippen LogP) is 7.27. The molecule has 2 heterocycles. The molecule has 0 aromatic carbocycles. The number of rotatable bonds is 2. The SMILES string of the molecule is CN1CCCCCCCCCC1C1CCC(C2CCCCCCCCN2C)CC1. The van der Waals surface area contributed by atoms with Crippen molar-refractivity contribution in [2.24, 2.45) is 11.8 Å². The third-order valence-corrected chi connectivity index (χ3v) is 8.81. The molecule has 170 valence electrons. The van der Waals surface area contributed by atoms with E-state index in [1.165, 1.54) is 135 Å². The monoisotopic (exact) mass is 404 g/mol. The highest BCUT2D eigenvalue weighted by atomic mass is 15.1. The summed E-state index contributed by atoms with van der Waals surface area (Å²) in [5.74, 6) is 1.95. The fourth-order valence-electron chi connectivity index (χ4n) is 6.90. The van der Waals surface area contributed by atoms with Gasteiger partial charge in [-0.05, 0) is 90.4 Å². The number of hydrogen-bond acceptors (Lipinski definition) is 2. The minimum absolute atomic E-state index is 0.871. The molecule has 29 heavy (non-hydrogen) atoms. The molecule has 3 rings (SSSR count). The fourth-order valence-corrected chi connectivity index (χ4v) is 6.90. The van der Waals surface area contributed by atoms with Crippen molar-refractivity contribution < 1.29 is 0 Å². The fraction of sp³-hybridized carbons (Fsp3) is 1.00. The zero-order chi connectivity index (χ0) is 20.3. The molecule has 0 radical (unpaired) electrons. The zero-order valence-corrected chi connectivity index (χ0v) is 20.1. The molecule has 2 unspecified atom stereocenters. The van der Waals surface area contributed by atoms with Crippen molar-refractivity contribution in [2.45, 2.75) is 134 Å². The third-order valence-electron chi connectivity index (χ3n) is 8.81. The van der Waals surface area contributed by atoms with Gasteiger partial charge in [-0.25, -0.2) is 0 Å². The first-order valence-electron chi connectivity index (χ1n) is 13.7. The normalized spacial score (nSPS) is 36.2. The maximum absolute atomic E-state index is 2.78. The van der Waals surface area contributed by atoms with E-state index >= 15 is 0 Å². The molecule has 0 bridgehead atoms. The Balaban J connectivity index is 1.52. The molecule has 0 aromatic heterocycles. The summed E-state index contributed by atoms with van der Waals surface area (Å²) in [6.45, 7) is 2.69. The molecule has 0 N–H and O–H groups in total. The molecule has 2 saturated heterocycles. The standard InChI is InChI=1S/C27H52N2/c1-28-22-14-10-6-3-4-8-12-16-26(28)24-18-20-25(21-19-24)27-17-13-9-5-7-11-15-23-29(27)2/h24-27H,3-23H2,1-2H3. The lowest BCUT2D eigenvalue weighted by Gasteiger charge is -2.43. The summed E-state index contributed by atoms with van der Waals surface area (Å²) in [4.78, 5) is 5.56. The molecule has 3 aliphatic rings. The van der Waals surface area contributed by atoms with Crippen molar-refractivity contribution in [3.8, 4) is 0 Å². The molecule has 0 spiro atoms. The van der Waals surface area contributed by atoms with Crippen LogP contribution in [-0.4, -0.2) is 49.1 Å². The number of hydrogen-bond donors (Lipinski definition) is 0. The van der Waals surface area contributed by atoms with Gasteiger partial charge in [0.1, 0.15) is 0 Å². The van der Waals surface area contributed by atoms with Crippen LogP contribution in [0.3, 0.4) is 0 Å². The third kappa shape index (κ3) is 7.84. The van der Waals surface area contributed by atoms with E-state index in [1.807, 2.05) is 0 Å². The van der Waals surface area contributed by atoms with Gasteiger partial charge in [-0.2, -0.15) is 0 Å². The predicted molar refractivity (Wildman–Crippen MR) is 128 cm³/mol. The second kappa shape index (κ2) is 13.4. The Morgan fingerprint density at radius 3 is 1.07 bits per heavy atom. The van der Waals surface area contributed by atoms with Gasteiger partial charge in [0, 0.05) is 12.1 Å². The van der Waals surface area contributed by atoms with Crippen LogP contribution < -0.4 is 0 Å². The van der Waals surface area contributed by atoms with Crippen LogP contribution in [0.5, 0.6) is 0 Å². The molecule has 3 fully saturated rings. The second-order valence-electron chi connectivity index (χ2n) is 10.9. The summed E-state index contributed by atoms with van der Waals surface area (Å²) >= 11 is 0. The Labute approximate surface area is 183 Å². The van der Waals surface area contributed by atoms with Crippen LogP contribution in [0.25, 0.3) is 0 Å². The molecule has 1 aliphatic carbocycles. The van der Waals surface area contributed by atoms with Gasteiger partial charge in [-0.3, -0.25) is 0 Å². The van der Waals surface area contributed by atoms with Crippen molar-refractivity contribution in [3.63, 3.8) is 0 Å². The second-order valence-corrected chi connectivity index (χ2v) is 10.9. The van der Waals surface area contributed by atoms with Crippen molar-refractivity contribution in [2.75, 3.05) is 27.2 Å². The Bertz CT molecular complexity index is 415. The van der Waals surface area contributed by atoms with Crippen LogP contribution in [-0.2, 0) is 0 Å². The summed E-state index contributed by atoms with van der Waals surface area (Å²) in [6.07, 6.45) is 28.0. The van der Waals surface area contributed by atoms with Gasteiger partial charge in [-0.15, -0.1) is 0 Å². The van der Waals surface area contributed by atoms with Crippen LogP contribution in [0.4, 0.5) is 0 Å². The minimum atomic E-state index is 0.871. The Hall–Kier alpha value is -0.0800. The van der Waals surface area contributed by atoms with Crippen molar-refractivity contribution >= 4 is 0 Å². The summed E-state index contributed by atoms with van der Waals surface area (Å²) in [6, 6.07) is 1.75. The summed E-state index contributed by atoms with van der Waals surface area (Å²) in [5, 5.41) is 0. The van der Waals surface area contributed by atoms with E-state index < -0.39 is 0 Å². The van der Waals surface area contributed by atoms with E-state index in [0.717, 1.165) is 23.9 Å². The molecule has 2 nitrogen and oxygen atoms in total. The molecule has 2 aliphatic heterocycles. The van der Waals surface area contributed by atoms with Crippen molar-refractivity contribution in [1.29, 1.82) is 0 Å². The van der Waals surface area contributed by atoms with Crippen LogP contribution >= 0.6 is 0 Å². The van der Waals surface area contributed by atoms with E-state index in [4.69, 9.17) is 0 Å². The lowest BCUT2D eigenvalue weighted by Crippen LogP contribution is -2.44. The van der Waals surface area contributed by atoms with E-state index in [0.29, 0.717) is 0 Å². The van der Waals surface area contributed by atoms with Gasteiger partial charge in [0.05, 0.1) is 0 Å². The minimum Gasteiger partial charge on any atom is -0.303 e. The molecule has 0 amide bonds. The lowest BCUT2D eigenvalue weighted by atomic mass is 9.73. The van der Waals surface area contributed by atoms with Crippen molar-refractivity contribution in [1.82, 2.24) is 9.80 Å². The Morgan fingerprint density at radius 1 is 0.379 bits per heavy atom. The van der Waals surface area contributed by atoms with E-state index in [9.17, 15) is 0 Å². The van der Waals surface area contributed by atoms with Crippen LogP contribution in [0.2, 0.25) is 0 Å².